The van der Waals surface area contributed by atoms with E-state index in [0.717, 1.165) is 39.9 Å². The number of nitrogens with zero attached hydrogens (tertiary/aromatic N) is 3. The molecule has 0 spiro atoms. The van der Waals surface area contributed by atoms with Gasteiger partial charge >= 0.3 is 0 Å². The van der Waals surface area contributed by atoms with Crippen molar-refractivity contribution in [1.29, 1.82) is 0 Å². The Morgan fingerprint density at radius 3 is 3.05 bits per heavy atom. The van der Waals surface area contributed by atoms with Crippen LogP contribution in [-0.2, 0) is 4.79 Å². The van der Waals surface area contributed by atoms with Crippen molar-refractivity contribution in [3.05, 3.63) is 35.5 Å². The van der Waals surface area contributed by atoms with Crippen molar-refractivity contribution in [2.24, 2.45) is 0 Å². The summed E-state index contributed by atoms with van der Waals surface area (Å²) >= 11 is 1.77. The van der Waals surface area contributed by atoms with Gasteiger partial charge in [0.2, 0.25) is 5.91 Å². The molecule has 5 nitrogen and oxygen atoms in total. The number of pyridine rings is 1. The zero-order chi connectivity index (χ0) is 15.7. The lowest BCUT2D eigenvalue weighted by molar-refractivity contribution is -0.118. The maximum Gasteiger partial charge on any atom is 0.227 e. The summed E-state index contributed by atoms with van der Waals surface area (Å²) in [6, 6.07) is 1.97. The first-order valence-electron chi connectivity index (χ1n) is 7.38. The van der Waals surface area contributed by atoms with Gasteiger partial charge in [-0.05, 0) is 25.8 Å². The molecule has 116 valence electrons. The van der Waals surface area contributed by atoms with Crippen LogP contribution in [0.1, 0.15) is 36.3 Å². The topological polar surface area (TPSA) is 59.2 Å². The number of aromatic nitrogens is 2. The lowest BCUT2D eigenvalue weighted by atomic mass is 9.95. The maximum absolute atomic E-state index is 12.7. The molecule has 1 aliphatic heterocycles. The fourth-order valence-electron chi connectivity index (χ4n) is 2.99. The van der Waals surface area contributed by atoms with Gasteiger partial charge in [0.05, 0.1) is 17.6 Å². The first-order valence-corrected chi connectivity index (χ1v) is 8.36. The van der Waals surface area contributed by atoms with Gasteiger partial charge in [-0.3, -0.25) is 9.78 Å². The standard InChI is InChI=1S/C16H19N3O2S/c1-10(16-11(2)18-21-12(16)3)8-15(20)19-6-7-22-14-4-5-17-9-13(14)19/h4-5,9-10H,6-8H2,1-3H3. The Balaban J connectivity index is 1.78. The van der Waals surface area contributed by atoms with Crippen LogP contribution in [0.3, 0.4) is 0 Å². The van der Waals surface area contributed by atoms with Crippen LogP contribution in [0.4, 0.5) is 5.69 Å². The van der Waals surface area contributed by atoms with Gasteiger partial charge in [0.25, 0.3) is 0 Å². The number of fused-ring (bicyclic) bond motifs is 1. The van der Waals surface area contributed by atoms with Crippen LogP contribution in [0.5, 0.6) is 0 Å². The third kappa shape index (κ3) is 2.75. The number of carbonyl (C=O) groups excluding carboxylic acids is 1. The highest BCUT2D eigenvalue weighted by molar-refractivity contribution is 7.99. The molecule has 1 aliphatic rings. The second-order valence-corrected chi connectivity index (χ2v) is 6.72. The molecule has 0 aliphatic carbocycles. The lowest BCUT2D eigenvalue weighted by Gasteiger charge is -2.29. The third-order valence-electron chi connectivity index (χ3n) is 3.99. The molecule has 0 radical (unpaired) electrons. The van der Waals surface area contributed by atoms with Crippen LogP contribution >= 0.6 is 11.8 Å². The summed E-state index contributed by atoms with van der Waals surface area (Å²) in [5.41, 5.74) is 2.84. The smallest absolute Gasteiger partial charge is 0.227 e. The van der Waals surface area contributed by atoms with Crippen LogP contribution in [0, 0.1) is 13.8 Å². The average Bonchev–Trinajstić information content (AvgIpc) is 2.85. The fraction of sp³-hybridized carbons (Fsp3) is 0.438. The van der Waals surface area contributed by atoms with E-state index in [1.54, 1.807) is 24.2 Å². The van der Waals surface area contributed by atoms with E-state index in [9.17, 15) is 4.79 Å². The molecule has 3 heterocycles. The summed E-state index contributed by atoms with van der Waals surface area (Å²) in [4.78, 5) is 19.9. The van der Waals surface area contributed by atoms with Crippen molar-refractivity contribution in [2.75, 3.05) is 17.2 Å². The summed E-state index contributed by atoms with van der Waals surface area (Å²) < 4.78 is 5.21. The molecule has 6 heteroatoms. The highest BCUT2D eigenvalue weighted by Gasteiger charge is 2.26. The van der Waals surface area contributed by atoms with Crippen LogP contribution < -0.4 is 4.90 Å². The maximum atomic E-state index is 12.7. The van der Waals surface area contributed by atoms with E-state index < -0.39 is 0 Å². The van der Waals surface area contributed by atoms with Gasteiger partial charge in [0.1, 0.15) is 5.76 Å². The summed E-state index contributed by atoms with van der Waals surface area (Å²) in [7, 11) is 0. The number of carbonyl (C=O) groups is 1. The summed E-state index contributed by atoms with van der Waals surface area (Å²) in [6.07, 6.45) is 3.99. The molecule has 22 heavy (non-hydrogen) atoms. The van der Waals surface area contributed by atoms with Crippen molar-refractivity contribution in [3.8, 4) is 0 Å². The molecule has 3 rings (SSSR count). The number of anilines is 1. The molecule has 0 N–H and O–H groups in total. The second-order valence-electron chi connectivity index (χ2n) is 5.58. The zero-order valence-electron chi connectivity index (χ0n) is 13.0. The van der Waals surface area contributed by atoms with Gasteiger partial charge in [-0.1, -0.05) is 12.1 Å². The number of hydrogen-bond donors (Lipinski definition) is 0. The summed E-state index contributed by atoms with van der Waals surface area (Å²) in [5, 5.41) is 3.98. The highest BCUT2D eigenvalue weighted by atomic mass is 32.2. The molecule has 0 fully saturated rings. The van der Waals surface area contributed by atoms with E-state index >= 15 is 0 Å². The molecule has 0 bridgehead atoms. The number of rotatable bonds is 3. The van der Waals surface area contributed by atoms with Crippen molar-refractivity contribution in [2.45, 2.75) is 38.0 Å². The third-order valence-corrected chi connectivity index (χ3v) is 5.03. The first kappa shape index (κ1) is 15.1. The molecule has 0 saturated carbocycles. The van der Waals surface area contributed by atoms with E-state index in [-0.39, 0.29) is 11.8 Å². The number of aryl methyl sites for hydroxylation is 2. The normalized spacial score (nSPS) is 15.5. The van der Waals surface area contributed by atoms with Crippen molar-refractivity contribution in [1.82, 2.24) is 10.1 Å². The van der Waals surface area contributed by atoms with E-state index in [2.05, 4.69) is 10.1 Å². The van der Waals surface area contributed by atoms with Crippen molar-refractivity contribution >= 4 is 23.4 Å². The molecule has 1 amide bonds. The summed E-state index contributed by atoms with van der Waals surface area (Å²) in [5.74, 6) is 1.94. The molecule has 2 aromatic rings. The Morgan fingerprint density at radius 1 is 1.50 bits per heavy atom. The van der Waals surface area contributed by atoms with Gasteiger partial charge in [-0.25, -0.2) is 0 Å². The minimum absolute atomic E-state index is 0.0912. The quantitative estimate of drug-likeness (QED) is 0.869. The predicted octanol–water partition coefficient (Wildman–Crippen LogP) is 3.32. The largest absolute Gasteiger partial charge is 0.361 e. The first-order chi connectivity index (χ1) is 10.6. The molecule has 2 aromatic heterocycles. The van der Waals surface area contributed by atoms with Gasteiger partial charge < -0.3 is 9.42 Å². The van der Waals surface area contributed by atoms with Gasteiger partial charge in [-0.2, -0.15) is 0 Å². The predicted molar refractivity (Wildman–Crippen MR) is 86.3 cm³/mol. The lowest BCUT2D eigenvalue weighted by Crippen LogP contribution is -2.36. The molecule has 1 atom stereocenters. The monoisotopic (exact) mass is 317 g/mol. The number of thioether (sulfide) groups is 1. The number of hydrogen-bond acceptors (Lipinski definition) is 5. The van der Waals surface area contributed by atoms with Crippen LogP contribution in [0.2, 0.25) is 0 Å². The average molecular weight is 317 g/mol. The zero-order valence-corrected chi connectivity index (χ0v) is 13.8. The Kier molecular flexibility index (Phi) is 4.20. The Labute approximate surface area is 134 Å². The second kappa shape index (κ2) is 6.12. The SMILES string of the molecule is Cc1noc(C)c1C(C)CC(=O)N1CCSc2ccncc21. The minimum Gasteiger partial charge on any atom is -0.361 e. The molecule has 0 aromatic carbocycles. The minimum atomic E-state index is 0.0912. The Hall–Kier alpha value is -1.82. The highest BCUT2D eigenvalue weighted by Crippen LogP contribution is 2.35. The number of amides is 1. The van der Waals surface area contributed by atoms with Crippen LogP contribution in [-0.4, -0.2) is 28.3 Å². The molecule has 1 unspecified atom stereocenters. The van der Waals surface area contributed by atoms with E-state index in [1.165, 1.54) is 0 Å². The van der Waals surface area contributed by atoms with Crippen molar-refractivity contribution in [3.63, 3.8) is 0 Å². The van der Waals surface area contributed by atoms with Gasteiger partial charge in [0, 0.05) is 35.4 Å². The Bertz CT molecular complexity index is 679. The van der Waals surface area contributed by atoms with E-state index in [1.807, 2.05) is 31.7 Å². The van der Waals surface area contributed by atoms with Crippen molar-refractivity contribution < 1.29 is 9.32 Å². The fourth-order valence-corrected chi connectivity index (χ4v) is 3.95. The van der Waals surface area contributed by atoms with E-state index in [4.69, 9.17) is 4.52 Å². The van der Waals surface area contributed by atoms with Crippen LogP contribution in [0.25, 0.3) is 0 Å². The van der Waals surface area contributed by atoms with Gasteiger partial charge in [0.15, 0.2) is 0 Å². The molecular formula is C16H19N3O2S. The van der Waals surface area contributed by atoms with Gasteiger partial charge in [-0.15, -0.1) is 11.8 Å². The molecule has 0 saturated heterocycles. The molecular weight excluding hydrogens is 298 g/mol. The summed E-state index contributed by atoms with van der Waals surface area (Å²) in [6.45, 7) is 6.60. The van der Waals surface area contributed by atoms with E-state index in [0.29, 0.717) is 6.42 Å². The van der Waals surface area contributed by atoms with Crippen LogP contribution in [0.15, 0.2) is 27.9 Å². The Morgan fingerprint density at radius 2 is 2.32 bits per heavy atom.